The van der Waals surface area contributed by atoms with Crippen LogP contribution in [-0.4, -0.2) is 48.9 Å². The third kappa shape index (κ3) is 3.39. The van der Waals surface area contributed by atoms with Gasteiger partial charge in [-0.15, -0.1) is 0 Å². The summed E-state index contributed by atoms with van der Waals surface area (Å²) in [6.07, 6.45) is 5.32. The van der Waals surface area contributed by atoms with Crippen LogP contribution in [0.1, 0.15) is 26.2 Å². The molecular formula is C12H24N2O2. The zero-order valence-corrected chi connectivity index (χ0v) is 10.6. The van der Waals surface area contributed by atoms with Gasteiger partial charge in [-0.2, -0.15) is 0 Å². The number of likely N-dealkylation sites (tertiary alicyclic amines) is 1. The molecule has 16 heavy (non-hydrogen) atoms. The molecule has 1 N–H and O–H groups in total. The van der Waals surface area contributed by atoms with Crippen LogP contribution in [0.3, 0.4) is 0 Å². The van der Waals surface area contributed by atoms with Gasteiger partial charge in [0.1, 0.15) is 5.82 Å². The summed E-state index contributed by atoms with van der Waals surface area (Å²) < 4.78 is 0. The first-order chi connectivity index (χ1) is 7.72. The van der Waals surface area contributed by atoms with Crippen molar-refractivity contribution in [1.82, 2.24) is 9.96 Å². The average molecular weight is 228 g/mol. The van der Waals surface area contributed by atoms with Crippen molar-refractivity contribution in [3.8, 4) is 0 Å². The second-order valence-electron chi connectivity index (χ2n) is 4.26. The van der Waals surface area contributed by atoms with E-state index in [2.05, 4.69) is 17.9 Å². The van der Waals surface area contributed by atoms with Crippen LogP contribution >= 0.6 is 0 Å². The first kappa shape index (κ1) is 13.3. The lowest BCUT2D eigenvalue weighted by atomic mass is 9.98. The fourth-order valence-corrected chi connectivity index (χ4v) is 2.08. The van der Waals surface area contributed by atoms with Gasteiger partial charge in [0.05, 0.1) is 7.11 Å². The maximum atomic E-state index is 9.11. The molecule has 0 aromatic rings. The zero-order chi connectivity index (χ0) is 12.0. The predicted molar refractivity (Wildman–Crippen MR) is 64.5 cm³/mol. The molecule has 0 aromatic carbocycles. The van der Waals surface area contributed by atoms with E-state index < -0.39 is 0 Å². The molecule has 0 spiro atoms. The largest absolute Gasteiger partial charge is 0.396 e. The van der Waals surface area contributed by atoms with Crippen molar-refractivity contribution in [2.45, 2.75) is 26.2 Å². The lowest BCUT2D eigenvalue weighted by Crippen LogP contribution is -2.39. The minimum absolute atomic E-state index is 0.320. The lowest BCUT2D eigenvalue weighted by Gasteiger charge is -2.37. The highest BCUT2D eigenvalue weighted by molar-refractivity contribution is 4.98. The highest BCUT2D eigenvalue weighted by Gasteiger charge is 2.21. The summed E-state index contributed by atoms with van der Waals surface area (Å²) in [5.74, 6) is 1.62. The molecule has 1 heterocycles. The minimum Gasteiger partial charge on any atom is -0.396 e. The lowest BCUT2D eigenvalue weighted by molar-refractivity contribution is -0.103. The number of hydroxylamine groups is 2. The van der Waals surface area contributed by atoms with Crippen LogP contribution in [0.2, 0.25) is 0 Å². The van der Waals surface area contributed by atoms with E-state index in [4.69, 9.17) is 9.94 Å². The Morgan fingerprint density at radius 1 is 1.50 bits per heavy atom. The summed E-state index contributed by atoms with van der Waals surface area (Å²) in [7, 11) is 3.61. The van der Waals surface area contributed by atoms with Gasteiger partial charge in [-0.25, -0.2) is 5.06 Å². The highest BCUT2D eigenvalue weighted by Crippen LogP contribution is 2.21. The molecule has 0 atom stereocenters. The van der Waals surface area contributed by atoms with Crippen LogP contribution in [0.4, 0.5) is 0 Å². The van der Waals surface area contributed by atoms with Gasteiger partial charge >= 0.3 is 0 Å². The maximum Gasteiger partial charge on any atom is 0.124 e. The Balaban J connectivity index is 2.57. The summed E-state index contributed by atoms with van der Waals surface area (Å²) in [4.78, 5) is 7.58. The van der Waals surface area contributed by atoms with Crippen LogP contribution in [0, 0.1) is 5.92 Å². The molecule has 0 saturated carbocycles. The van der Waals surface area contributed by atoms with Gasteiger partial charge in [-0.3, -0.25) is 4.84 Å². The van der Waals surface area contributed by atoms with Gasteiger partial charge in [-0.05, 0) is 31.3 Å². The summed E-state index contributed by atoms with van der Waals surface area (Å²) >= 11 is 0. The summed E-state index contributed by atoms with van der Waals surface area (Å²) in [6, 6.07) is 0. The fraction of sp³-hybridized carbons (Fsp3) is 0.833. The topological polar surface area (TPSA) is 35.9 Å². The third-order valence-corrected chi connectivity index (χ3v) is 3.18. The Morgan fingerprint density at radius 3 is 2.56 bits per heavy atom. The first-order valence-corrected chi connectivity index (χ1v) is 6.06. The molecule has 1 aliphatic heterocycles. The van der Waals surface area contributed by atoms with Crippen LogP contribution in [0.15, 0.2) is 11.9 Å². The molecular weight excluding hydrogens is 204 g/mol. The monoisotopic (exact) mass is 228 g/mol. The van der Waals surface area contributed by atoms with Crippen molar-refractivity contribution in [2.75, 3.05) is 33.9 Å². The van der Waals surface area contributed by atoms with E-state index in [1.54, 1.807) is 7.11 Å². The number of nitrogens with zero attached hydrogens (tertiary/aromatic N) is 2. The summed E-state index contributed by atoms with van der Waals surface area (Å²) in [5.41, 5.74) is 0. The number of piperidine rings is 1. The number of allylic oxidation sites excluding steroid dienone is 1. The first-order valence-electron chi connectivity index (χ1n) is 6.06. The van der Waals surface area contributed by atoms with Crippen LogP contribution < -0.4 is 0 Å². The second-order valence-corrected chi connectivity index (χ2v) is 4.26. The molecule has 0 bridgehead atoms. The smallest absolute Gasteiger partial charge is 0.124 e. The Bertz CT molecular complexity index is 223. The van der Waals surface area contributed by atoms with Crippen molar-refractivity contribution in [1.29, 1.82) is 0 Å². The molecule has 1 saturated heterocycles. The SMILES string of the molecule is CC/C=C(/N1CCC(CO)CC1)N(C)OC. The molecule has 0 aromatic heterocycles. The van der Waals surface area contributed by atoms with Crippen LogP contribution in [0.5, 0.6) is 0 Å². The molecule has 1 fully saturated rings. The van der Waals surface area contributed by atoms with Crippen molar-refractivity contribution in [3.63, 3.8) is 0 Å². The van der Waals surface area contributed by atoms with E-state index in [-0.39, 0.29) is 0 Å². The van der Waals surface area contributed by atoms with Crippen molar-refractivity contribution < 1.29 is 9.94 Å². The Kier molecular flexibility index (Phi) is 5.63. The highest BCUT2D eigenvalue weighted by atomic mass is 16.7. The number of rotatable bonds is 5. The Hall–Kier alpha value is -0.740. The normalized spacial score (nSPS) is 19.0. The van der Waals surface area contributed by atoms with Gasteiger partial charge in [0.15, 0.2) is 0 Å². The van der Waals surface area contributed by atoms with E-state index in [1.165, 1.54) is 0 Å². The van der Waals surface area contributed by atoms with Crippen molar-refractivity contribution in [3.05, 3.63) is 11.9 Å². The third-order valence-electron chi connectivity index (χ3n) is 3.18. The standard InChI is InChI=1S/C12H24N2O2/c1-4-5-12(13(2)16-3)14-8-6-11(10-15)7-9-14/h5,11,15H,4,6-10H2,1-3H3/b12-5+. The van der Waals surface area contributed by atoms with Crippen molar-refractivity contribution >= 4 is 0 Å². The maximum absolute atomic E-state index is 9.11. The molecule has 4 nitrogen and oxygen atoms in total. The van der Waals surface area contributed by atoms with E-state index in [0.29, 0.717) is 12.5 Å². The second kappa shape index (κ2) is 6.76. The molecule has 1 aliphatic rings. The molecule has 0 radical (unpaired) electrons. The summed E-state index contributed by atoms with van der Waals surface area (Å²) in [6.45, 7) is 4.46. The molecule has 0 amide bonds. The molecule has 0 unspecified atom stereocenters. The molecule has 94 valence electrons. The number of aliphatic hydroxyl groups is 1. The number of aliphatic hydroxyl groups excluding tert-OH is 1. The summed E-state index contributed by atoms with van der Waals surface area (Å²) in [5, 5.41) is 10.9. The quantitative estimate of drug-likeness (QED) is 0.722. The van der Waals surface area contributed by atoms with E-state index in [9.17, 15) is 0 Å². The van der Waals surface area contributed by atoms with Gasteiger partial charge in [-0.1, -0.05) is 6.92 Å². The number of hydrogen-bond donors (Lipinski definition) is 1. The Morgan fingerprint density at radius 2 is 2.12 bits per heavy atom. The van der Waals surface area contributed by atoms with Gasteiger partial charge in [0.2, 0.25) is 0 Å². The van der Waals surface area contributed by atoms with E-state index >= 15 is 0 Å². The van der Waals surface area contributed by atoms with Gasteiger partial charge in [0.25, 0.3) is 0 Å². The fourth-order valence-electron chi connectivity index (χ4n) is 2.08. The predicted octanol–water partition coefficient (Wildman–Crippen LogP) is 1.44. The van der Waals surface area contributed by atoms with Gasteiger partial charge in [0, 0.05) is 26.7 Å². The minimum atomic E-state index is 0.320. The zero-order valence-electron chi connectivity index (χ0n) is 10.6. The van der Waals surface area contributed by atoms with Gasteiger partial charge < -0.3 is 10.0 Å². The number of hydrogen-bond acceptors (Lipinski definition) is 4. The average Bonchev–Trinajstić information content (AvgIpc) is 2.35. The molecule has 4 heteroatoms. The van der Waals surface area contributed by atoms with Crippen LogP contribution in [0.25, 0.3) is 0 Å². The molecule has 0 aliphatic carbocycles. The molecule has 1 rings (SSSR count). The van der Waals surface area contributed by atoms with E-state index in [1.807, 2.05) is 12.1 Å². The van der Waals surface area contributed by atoms with Crippen molar-refractivity contribution in [2.24, 2.45) is 5.92 Å². The Labute approximate surface area is 98.4 Å². The van der Waals surface area contributed by atoms with Crippen LogP contribution in [-0.2, 0) is 4.84 Å². The van der Waals surface area contributed by atoms with E-state index in [0.717, 1.165) is 38.2 Å².